The summed E-state index contributed by atoms with van der Waals surface area (Å²) in [7, 11) is 3.42. The van der Waals surface area contributed by atoms with Gasteiger partial charge in [-0.2, -0.15) is 0 Å². The Balaban J connectivity index is 2.00. The average Bonchev–Trinajstić information content (AvgIpc) is 3.00. The van der Waals surface area contributed by atoms with Crippen LogP contribution in [-0.4, -0.2) is 34.3 Å². The lowest BCUT2D eigenvalue weighted by Gasteiger charge is -2.18. The molecule has 0 aliphatic carbocycles. The van der Waals surface area contributed by atoms with Gasteiger partial charge in [-0.15, -0.1) is 0 Å². The Bertz CT molecular complexity index is 856. The summed E-state index contributed by atoms with van der Waals surface area (Å²) in [5, 5.41) is 0. The molecular formula is C19H21N3O2. The number of hydrogen-bond acceptors (Lipinski definition) is 3. The summed E-state index contributed by atoms with van der Waals surface area (Å²) in [6, 6.07) is 13.7. The number of carbonyl (C=O) groups excluding carboxylic acids is 1. The van der Waals surface area contributed by atoms with Crippen molar-refractivity contribution in [1.29, 1.82) is 0 Å². The van der Waals surface area contributed by atoms with Gasteiger partial charge in [-0.05, 0) is 24.1 Å². The van der Waals surface area contributed by atoms with Crippen LogP contribution in [0, 0.1) is 0 Å². The molecule has 0 bridgehead atoms. The number of pyridine rings is 1. The maximum atomic E-state index is 13.0. The first-order chi connectivity index (χ1) is 11.7. The Morgan fingerprint density at radius 3 is 2.62 bits per heavy atom. The van der Waals surface area contributed by atoms with Gasteiger partial charge in [0.15, 0.2) is 11.4 Å². The molecule has 0 atom stereocenters. The number of fused-ring (bicyclic) bond motifs is 1. The van der Waals surface area contributed by atoms with E-state index in [1.807, 2.05) is 67.0 Å². The number of aryl methyl sites for hydroxylation is 1. The Labute approximate surface area is 141 Å². The van der Waals surface area contributed by atoms with E-state index in [0.717, 1.165) is 11.3 Å². The molecule has 1 amide bonds. The topological polar surface area (TPSA) is 46.8 Å². The first-order valence-electron chi connectivity index (χ1n) is 7.99. The van der Waals surface area contributed by atoms with Crippen LogP contribution in [0.2, 0.25) is 0 Å². The quantitative estimate of drug-likeness (QED) is 0.724. The first-order valence-corrected chi connectivity index (χ1v) is 7.99. The van der Waals surface area contributed by atoms with Crippen LogP contribution in [0.1, 0.15) is 28.7 Å². The number of amides is 1. The maximum Gasteiger partial charge on any atom is 0.272 e. The van der Waals surface area contributed by atoms with Crippen molar-refractivity contribution in [2.24, 2.45) is 0 Å². The average molecular weight is 323 g/mol. The lowest BCUT2D eigenvalue weighted by atomic mass is 10.2. The number of benzene rings is 1. The molecule has 3 aromatic rings. The third kappa shape index (κ3) is 2.85. The van der Waals surface area contributed by atoms with Gasteiger partial charge < -0.3 is 9.64 Å². The number of hydrogen-bond donors (Lipinski definition) is 0. The minimum atomic E-state index is -0.0449. The fourth-order valence-electron chi connectivity index (χ4n) is 2.83. The molecule has 0 saturated heterocycles. The molecule has 0 radical (unpaired) electrons. The maximum absolute atomic E-state index is 13.0. The van der Waals surface area contributed by atoms with E-state index >= 15 is 0 Å². The van der Waals surface area contributed by atoms with Crippen LogP contribution in [-0.2, 0) is 13.0 Å². The van der Waals surface area contributed by atoms with Crippen LogP contribution in [0.25, 0.3) is 5.65 Å². The van der Waals surface area contributed by atoms with E-state index < -0.39 is 0 Å². The van der Waals surface area contributed by atoms with Crippen LogP contribution in [0.4, 0.5) is 0 Å². The van der Waals surface area contributed by atoms with Crippen LogP contribution in [0.15, 0.2) is 48.7 Å². The smallest absolute Gasteiger partial charge is 0.272 e. The molecule has 124 valence electrons. The van der Waals surface area contributed by atoms with Gasteiger partial charge in [0.2, 0.25) is 0 Å². The summed E-state index contributed by atoms with van der Waals surface area (Å²) in [4.78, 5) is 19.4. The zero-order chi connectivity index (χ0) is 17.1. The van der Waals surface area contributed by atoms with Gasteiger partial charge in [-0.1, -0.05) is 37.3 Å². The normalized spacial score (nSPS) is 10.8. The largest absolute Gasteiger partial charge is 0.493 e. The molecule has 0 spiro atoms. The van der Waals surface area contributed by atoms with Crippen molar-refractivity contribution in [3.05, 3.63) is 65.6 Å². The highest BCUT2D eigenvalue weighted by Crippen LogP contribution is 2.23. The predicted molar refractivity (Wildman–Crippen MR) is 93.4 cm³/mol. The van der Waals surface area contributed by atoms with E-state index in [1.165, 1.54) is 0 Å². The minimum absolute atomic E-state index is 0.0449. The van der Waals surface area contributed by atoms with Gasteiger partial charge in [0, 0.05) is 19.8 Å². The molecule has 2 heterocycles. The van der Waals surface area contributed by atoms with E-state index in [0.29, 0.717) is 30.1 Å². The summed E-state index contributed by atoms with van der Waals surface area (Å²) >= 11 is 0. The fourth-order valence-corrected chi connectivity index (χ4v) is 2.83. The Morgan fingerprint density at radius 2 is 1.96 bits per heavy atom. The Morgan fingerprint density at radius 1 is 1.21 bits per heavy atom. The molecule has 2 aromatic heterocycles. The summed E-state index contributed by atoms with van der Waals surface area (Å²) in [6.45, 7) is 2.56. The summed E-state index contributed by atoms with van der Waals surface area (Å²) in [6.07, 6.45) is 2.54. The molecule has 0 unspecified atom stereocenters. The van der Waals surface area contributed by atoms with E-state index in [-0.39, 0.29) is 5.91 Å². The van der Waals surface area contributed by atoms with E-state index in [9.17, 15) is 4.79 Å². The Hall–Kier alpha value is -2.82. The molecule has 0 aliphatic rings. The molecule has 0 aliphatic heterocycles. The van der Waals surface area contributed by atoms with E-state index in [4.69, 9.17) is 4.74 Å². The third-order valence-corrected chi connectivity index (χ3v) is 4.05. The number of nitrogens with zero attached hydrogens (tertiary/aromatic N) is 3. The molecule has 3 rings (SSSR count). The van der Waals surface area contributed by atoms with Crippen molar-refractivity contribution in [3.8, 4) is 5.75 Å². The number of rotatable bonds is 5. The highest BCUT2D eigenvalue weighted by Gasteiger charge is 2.22. The summed E-state index contributed by atoms with van der Waals surface area (Å²) in [5.74, 6) is 0.619. The first kappa shape index (κ1) is 16.1. The van der Waals surface area contributed by atoms with Gasteiger partial charge in [0.25, 0.3) is 5.91 Å². The number of aromatic nitrogens is 2. The fraction of sp³-hybridized carbons (Fsp3) is 0.263. The van der Waals surface area contributed by atoms with Crippen LogP contribution >= 0.6 is 0 Å². The second-order valence-electron chi connectivity index (χ2n) is 5.68. The van der Waals surface area contributed by atoms with Crippen molar-refractivity contribution in [1.82, 2.24) is 14.3 Å². The molecule has 24 heavy (non-hydrogen) atoms. The SMILES string of the molecule is CCc1nc2c(OC)cccn2c1C(=O)N(C)Cc1ccccc1. The minimum Gasteiger partial charge on any atom is -0.493 e. The lowest BCUT2D eigenvalue weighted by Crippen LogP contribution is -2.28. The number of carbonyl (C=O) groups is 1. The highest BCUT2D eigenvalue weighted by molar-refractivity contribution is 5.95. The van der Waals surface area contributed by atoms with Crippen LogP contribution < -0.4 is 4.74 Å². The van der Waals surface area contributed by atoms with Crippen molar-refractivity contribution in [3.63, 3.8) is 0 Å². The second-order valence-corrected chi connectivity index (χ2v) is 5.68. The molecule has 0 saturated carbocycles. The van der Waals surface area contributed by atoms with Gasteiger partial charge in [-0.25, -0.2) is 4.98 Å². The van der Waals surface area contributed by atoms with Crippen LogP contribution in [0.5, 0.6) is 5.75 Å². The standard InChI is InChI=1S/C19H21N3O2/c1-4-15-17(22-12-8-11-16(24-3)18(22)20-15)19(23)21(2)13-14-9-6-5-7-10-14/h5-12H,4,13H2,1-3H3. The molecule has 5 heteroatoms. The molecule has 1 aromatic carbocycles. The number of imidazole rings is 1. The van der Waals surface area contributed by atoms with Gasteiger partial charge >= 0.3 is 0 Å². The third-order valence-electron chi connectivity index (χ3n) is 4.05. The van der Waals surface area contributed by atoms with E-state index in [1.54, 1.807) is 12.0 Å². The summed E-state index contributed by atoms with van der Waals surface area (Å²) < 4.78 is 7.19. The van der Waals surface area contributed by atoms with Gasteiger partial charge in [0.05, 0.1) is 12.8 Å². The van der Waals surface area contributed by atoms with Crippen LogP contribution in [0.3, 0.4) is 0 Å². The van der Waals surface area contributed by atoms with Crippen molar-refractivity contribution < 1.29 is 9.53 Å². The zero-order valence-electron chi connectivity index (χ0n) is 14.2. The Kier molecular flexibility index (Phi) is 4.51. The zero-order valence-corrected chi connectivity index (χ0v) is 14.2. The van der Waals surface area contributed by atoms with Crippen molar-refractivity contribution in [2.75, 3.05) is 14.2 Å². The van der Waals surface area contributed by atoms with Crippen molar-refractivity contribution >= 4 is 11.6 Å². The molecule has 0 fully saturated rings. The van der Waals surface area contributed by atoms with E-state index in [2.05, 4.69) is 4.98 Å². The molecule has 0 N–H and O–H groups in total. The number of ether oxygens (including phenoxy) is 1. The monoisotopic (exact) mass is 323 g/mol. The summed E-state index contributed by atoms with van der Waals surface area (Å²) in [5.41, 5.74) is 3.15. The van der Waals surface area contributed by atoms with Gasteiger partial charge in [-0.3, -0.25) is 9.20 Å². The predicted octanol–water partition coefficient (Wildman–Crippen LogP) is 3.18. The lowest BCUT2D eigenvalue weighted by molar-refractivity contribution is 0.0777. The van der Waals surface area contributed by atoms with Gasteiger partial charge in [0.1, 0.15) is 5.69 Å². The second kappa shape index (κ2) is 6.74. The van der Waals surface area contributed by atoms with Crippen molar-refractivity contribution in [2.45, 2.75) is 19.9 Å². The highest BCUT2D eigenvalue weighted by atomic mass is 16.5. The molecule has 5 nitrogen and oxygen atoms in total. The molecular weight excluding hydrogens is 302 g/mol. The number of methoxy groups -OCH3 is 1.